The van der Waals surface area contributed by atoms with Gasteiger partial charge in [0, 0.05) is 12.1 Å². The number of hydrogen-bond acceptors (Lipinski definition) is 3. The van der Waals surface area contributed by atoms with E-state index in [9.17, 15) is 8.42 Å². The average Bonchev–Trinajstić information content (AvgIpc) is 2.56. The normalized spacial score (nSPS) is 17.3. The van der Waals surface area contributed by atoms with E-state index in [0.717, 1.165) is 17.0 Å². The number of fused-ring (bicyclic) bond motifs is 1. The Bertz CT molecular complexity index is 476. The molecule has 2 rings (SSSR count). The van der Waals surface area contributed by atoms with E-state index in [1.165, 1.54) is 10.6 Å². The Morgan fingerprint density at radius 1 is 1.40 bits per heavy atom. The molecule has 84 valence electrons. The van der Waals surface area contributed by atoms with Gasteiger partial charge in [-0.25, -0.2) is 8.42 Å². The highest BCUT2D eigenvalue weighted by atomic mass is 32.2. The molecule has 6 heteroatoms. The molecule has 0 saturated carbocycles. The third kappa shape index (κ3) is 1.79. The third-order valence-electron chi connectivity index (χ3n) is 2.67. The molecule has 0 unspecified atom stereocenters. The van der Waals surface area contributed by atoms with Crippen LogP contribution in [0.4, 0.5) is 0 Å². The minimum absolute atomic E-state index is 0.324. The number of sulfonamides is 1. The van der Waals surface area contributed by atoms with Crippen molar-refractivity contribution in [1.29, 1.82) is 0 Å². The molecule has 0 saturated heterocycles. The van der Waals surface area contributed by atoms with Gasteiger partial charge in [0.15, 0.2) is 0 Å². The second kappa shape index (κ2) is 3.31. The van der Waals surface area contributed by atoms with E-state index in [1.54, 1.807) is 0 Å². The van der Waals surface area contributed by atoms with Crippen molar-refractivity contribution in [3.05, 3.63) is 17.0 Å². The fourth-order valence-corrected chi connectivity index (χ4v) is 2.57. The molecule has 2 heterocycles. The second-order valence-corrected chi connectivity index (χ2v) is 6.23. The van der Waals surface area contributed by atoms with E-state index >= 15 is 0 Å². The van der Waals surface area contributed by atoms with Crippen molar-refractivity contribution < 1.29 is 8.42 Å². The lowest BCUT2D eigenvalue weighted by Crippen LogP contribution is -2.24. The molecule has 0 aromatic carbocycles. The number of hydrogen-bond donors (Lipinski definition) is 1. The van der Waals surface area contributed by atoms with Gasteiger partial charge >= 0.3 is 0 Å². The fraction of sp³-hybridized carbons (Fsp3) is 0.667. The topological polar surface area (TPSA) is 66.1 Å². The van der Waals surface area contributed by atoms with E-state index in [0.29, 0.717) is 19.0 Å². The number of H-pyrrole nitrogens is 1. The molecule has 1 N–H and O–H groups in total. The number of aromatic nitrogens is 2. The van der Waals surface area contributed by atoms with Crippen LogP contribution in [0.3, 0.4) is 0 Å². The Labute approximate surface area is 89.5 Å². The van der Waals surface area contributed by atoms with Crippen molar-refractivity contribution in [3.63, 3.8) is 0 Å². The van der Waals surface area contributed by atoms with Crippen LogP contribution < -0.4 is 0 Å². The van der Waals surface area contributed by atoms with Gasteiger partial charge in [-0.2, -0.15) is 9.40 Å². The molecule has 0 aliphatic carbocycles. The van der Waals surface area contributed by atoms with Crippen LogP contribution in [0.15, 0.2) is 0 Å². The van der Waals surface area contributed by atoms with Gasteiger partial charge in [-0.1, -0.05) is 13.8 Å². The van der Waals surface area contributed by atoms with Crippen molar-refractivity contribution >= 4 is 10.0 Å². The van der Waals surface area contributed by atoms with Crippen LogP contribution in [0, 0.1) is 0 Å². The lowest BCUT2D eigenvalue weighted by atomic mass is 10.1. The van der Waals surface area contributed by atoms with Gasteiger partial charge in [-0.3, -0.25) is 5.10 Å². The molecule has 1 aromatic heterocycles. The molecule has 0 bridgehead atoms. The maximum atomic E-state index is 11.4. The molecule has 1 aromatic rings. The quantitative estimate of drug-likeness (QED) is 0.816. The highest BCUT2D eigenvalue weighted by Crippen LogP contribution is 2.29. The maximum absolute atomic E-state index is 11.4. The first-order chi connectivity index (χ1) is 6.89. The molecule has 0 amide bonds. The largest absolute Gasteiger partial charge is 0.281 e. The van der Waals surface area contributed by atoms with Gasteiger partial charge in [-0.05, 0) is 5.92 Å². The van der Waals surface area contributed by atoms with Crippen molar-refractivity contribution in [2.45, 2.75) is 32.9 Å². The second-order valence-electron chi connectivity index (χ2n) is 4.25. The summed E-state index contributed by atoms with van der Waals surface area (Å²) in [6.07, 6.45) is 1.24. The minimum Gasteiger partial charge on any atom is -0.281 e. The summed E-state index contributed by atoms with van der Waals surface area (Å²) in [5.74, 6) is 0.324. The molecule has 5 nitrogen and oxygen atoms in total. The van der Waals surface area contributed by atoms with Crippen LogP contribution in [0.2, 0.25) is 0 Å². The first-order valence-electron chi connectivity index (χ1n) is 4.90. The zero-order chi connectivity index (χ0) is 11.2. The predicted molar refractivity (Wildman–Crippen MR) is 56.8 cm³/mol. The molecule has 0 atom stereocenters. The van der Waals surface area contributed by atoms with Crippen molar-refractivity contribution in [2.75, 3.05) is 6.26 Å². The summed E-state index contributed by atoms with van der Waals surface area (Å²) >= 11 is 0. The van der Waals surface area contributed by atoms with Crippen molar-refractivity contribution in [3.8, 4) is 0 Å². The van der Waals surface area contributed by atoms with E-state index in [1.807, 2.05) is 0 Å². The SMILES string of the molecule is CC(C)c1n[nH]c2c1CN(S(C)(=O)=O)C2. The molecule has 1 aliphatic rings. The van der Waals surface area contributed by atoms with Crippen molar-refractivity contribution in [2.24, 2.45) is 0 Å². The molecule has 1 aliphatic heterocycles. The third-order valence-corrected chi connectivity index (χ3v) is 3.87. The summed E-state index contributed by atoms with van der Waals surface area (Å²) in [6, 6.07) is 0. The lowest BCUT2D eigenvalue weighted by molar-refractivity contribution is 0.430. The van der Waals surface area contributed by atoms with Gasteiger partial charge in [0.1, 0.15) is 0 Å². The van der Waals surface area contributed by atoms with E-state index in [2.05, 4.69) is 24.0 Å². The summed E-state index contributed by atoms with van der Waals surface area (Å²) in [4.78, 5) is 0. The number of nitrogens with one attached hydrogen (secondary N) is 1. The zero-order valence-electron chi connectivity index (χ0n) is 9.11. The van der Waals surface area contributed by atoms with Crippen LogP contribution in [-0.4, -0.2) is 29.2 Å². The van der Waals surface area contributed by atoms with Gasteiger partial charge < -0.3 is 0 Å². The van der Waals surface area contributed by atoms with E-state index < -0.39 is 10.0 Å². The summed E-state index contributed by atoms with van der Waals surface area (Å²) in [7, 11) is -3.10. The smallest absolute Gasteiger partial charge is 0.211 e. The number of rotatable bonds is 2. The monoisotopic (exact) mass is 229 g/mol. The lowest BCUT2D eigenvalue weighted by Gasteiger charge is -2.12. The summed E-state index contributed by atoms with van der Waals surface area (Å²) in [5.41, 5.74) is 2.97. The summed E-state index contributed by atoms with van der Waals surface area (Å²) in [6.45, 7) is 4.99. The van der Waals surface area contributed by atoms with E-state index in [-0.39, 0.29) is 0 Å². The van der Waals surface area contributed by atoms with Crippen LogP contribution in [0.5, 0.6) is 0 Å². The number of nitrogens with zero attached hydrogens (tertiary/aromatic N) is 2. The summed E-state index contributed by atoms with van der Waals surface area (Å²) in [5, 5.41) is 7.12. The van der Waals surface area contributed by atoms with E-state index in [4.69, 9.17) is 0 Å². The first kappa shape index (κ1) is 10.6. The van der Waals surface area contributed by atoms with Gasteiger partial charge in [0.2, 0.25) is 10.0 Å². The highest BCUT2D eigenvalue weighted by Gasteiger charge is 2.30. The highest BCUT2D eigenvalue weighted by molar-refractivity contribution is 7.88. The van der Waals surface area contributed by atoms with Crippen molar-refractivity contribution in [1.82, 2.24) is 14.5 Å². The molecule has 15 heavy (non-hydrogen) atoms. The molecule has 0 radical (unpaired) electrons. The average molecular weight is 229 g/mol. The van der Waals surface area contributed by atoms with Gasteiger partial charge in [-0.15, -0.1) is 0 Å². The first-order valence-corrected chi connectivity index (χ1v) is 6.75. The Balaban J connectivity index is 2.33. The van der Waals surface area contributed by atoms with Crippen LogP contribution in [0.1, 0.15) is 36.7 Å². The molecular formula is C9H15N3O2S. The van der Waals surface area contributed by atoms with Crippen LogP contribution in [-0.2, 0) is 23.1 Å². The summed E-state index contributed by atoms with van der Waals surface area (Å²) < 4.78 is 24.2. The van der Waals surface area contributed by atoms with Gasteiger partial charge in [0.05, 0.1) is 24.2 Å². The number of aromatic amines is 1. The van der Waals surface area contributed by atoms with Gasteiger partial charge in [0.25, 0.3) is 0 Å². The Hall–Kier alpha value is -0.880. The van der Waals surface area contributed by atoms with Crippen LogP contribution >= 0.6 is 0 Å². The molecular weight excluding hydrogens is 214 g/mol. The van der Waals surface area contributed by atoms with Crippen LogP contribution in [0.25, 0.3) is 0 Å². The Kier molecular flexibility index (Phi) is 2.35. The maximum Gasteiger partial charge on any atom is 0.211 e. The predicted octanol–water partition coefficient (Wildman–Crippen LogP) is 0.808. The standard InChI is InChI=1S/C9H15N3O2S/c1-6(2)9-7-4-12(15(3,13)14)5-8(7)10-11-9/h6H,4-5H2,1-3H3,(H,10,11). The Morgan fingerprint density at radius 2 is 2.07 bits per heavy atom. The Morgan fingerprint density at radius 3 is 2.60 bits per heavy atom. The zero-order valence-corrected chi connectivity index (χ0v) is 9.93. The molecule has 0 spiro atoms. The molecule has 0 fully saturated rings. The minimum atomic E-state index is -3.10. The fourth-order valence-electron chi connectivity index (χ4n) is 1.85.